The van der Waals surface area contributed by atoms with Crippen molar-refractivity contribution in [3.05, 3.63) is 35.4 Å². The Hall–Kier alpha value is -1.69. The van der Waals surface area contributed by atoms with E-state index >= 15 is 0 Å². The fourth-order valence-corrected chi connectivity index (χ4v) is 4.31. The molecule has 6 heteroatoms. The van der Waals surface area contributed by atoms with Gasteiger partial charge in [-0.2, -0.15) is 0 Å². The van der Waals surface area contributed by atoms with Crippen LogP contribution in [0.1, 0.15) is 40.5 Å². The molecule has 1 aliphatic heterocycles. The minimum atomic E-state index is -3.47. The molecule has 1 heterocycles. The van der Waals surface area contributed by atoms with Crippen molar-refractivity contribution < 1.29 is 18.0 Å². The summed E-state index contributed by atoms with van der Waals surface area (Å²) in [6.45, 7) is 1.54. The molecule has 0 spiro atoms. The lowest BCUT2D eigenvalue weighted by Crippen LogP contribution is -2.47. The highest BCUT2D eigenvalue weighted by Gasteiger charge is 2.63. The Bertz CT molecular complexity index is 653. The zero-order valence-corrected chi connectivity index (χ0v) is 11.2. The van der Waals surface area contributed by atoms with E-state index in [1.165, 1.54) is 6.92 Å². The van der Waals surface area contributed by atoms with Crippen LogP contribution >= 0.6 is 0 Å². The summed E-state index contributed by atoms with van der Waals surface area (Å²) in [5, 5.41) is 0. The van der Waals surface area contributed by atoms with Crippen molar-refractivity contribution in [1.29, 1.82) is 0 Å². The Morgan fingerprint density at radius 3 is 1.95 bits per heavy atom. The average molecular weight is 279 g/mol. The highest BCUT2D eigenvalue weighted by Crippen LogP contribution is 2.49. The molecule has 1 saturated carbocycles. The smallest absolute Gasteiger partial charge is 0.262 e. The molecular weight excluding hydrogens is 266 g/mol. The van der Waals surface area contributed by atoms with Gasteiger partial charge in [0.1, 0.15) is 0 Å². The summed E-state index contributed by atoms with van der Waals surface area (Å²) >= 11 is 0. The number of rotatable bonds is 3. The van der Waals surface area contributed by atoms with Gasteiger partial charge in [-0.05, 0) is 25.0 Å². The number of hydrogen-bond acceptors (Lipinski definition) is 4. The molecule has 100 valence electrons. The van der Waals surface area contributed by atoms with Crippen molar-refractivity contribution in [1.82, 2.24) is 4.90 Å². The van der Waals surface area contributed by atoms with Crippen LogP contribution in [0.2, 0.25) is 0 Å². The Morgan fingerprint density at radius 2 is 1.58 bits per heavy atom. The molecule has 19 heavy (non-hydrogen) atoms. The third-order valence-electron chi connectivity index (χ3n) is 3.84. The molecule has 0 radical (unpaired) electrons. The monoisotopic (exact) mass is 279 g/mol. The normalized spacial score (nSPS) is 20.6. The van der Waals surface area contributed by atoms with Crippen molar-refractivity contribution in [3.63, 3.8) is 0 Å². The van der Waals surface area contributed by atoms with E-state index in [4.69, 9.17) is 0 Å². The predicted molar refractivity (Wildman–Crippen MR) is 68.4 cm³/mol. The largest absolute Gasteiger partial charge is 0.269 e. The van der Waals surface area contributed by atoms with Gasteiger partial charge in [0.05, 0.1) is 11.1 Å². The number of carbonyl (C=O) groups excluding carboxylic acids is 2. The molecule has 0 saturated heterocycles. The highest BCUT2D eigenvalue weighted by molar-refractivity contribution is 7.93. The molecule has 1 fully saturated rings. The lowest BCUT2D eigenvalue weighted by atomic mass is 10.1. The lowest BCUT2D eigenvalue weighted by Gasteiger charge is -2.25. The van der Waals surface area contributed by atoms with E-state index in [0.29, 0.717) is 24.0 Å². The van der Waals surface area contributed by atoms with Crippen LogP contribution in [0.3, 0.4) is 0 Å². The molecule has 0 aromatic heterocycles. The fraction of sp³-hybridized carbons (Fsp3) is 0.385. The number of benzene rings is 1. The Balaban J connectivity index is 2.12. The maximum Gasteiger partial charge on any atom is 0.262 e. The second-order valence-corrected chi connectivity index (χ2v) is 7.41. The van der Waals surface area contributed by atoms with Gasteiger partial charge >= 0.3 is 0 Å². The van der Waals surface area contributed by atoms with Crippen molar-refractivity contribution in [3.8, 4) is 0 Å². The van der Waals surface area contributed by atoms with Crippen LogP contribution in [-0.4, -0.2) is 35.8 Å². The SMILES string of the molecule is CCS(=O)(=O)C1(N2C(=O)c3ccccc3C2=O)CC1. The summed E-state index contributed by atoms with van der Waals surface area (Å²) in [7, 11) is -3.47. The molecule has 1 aliphatic carbocycles. The molecule has 2 amide bonds. The average Bonchev–Trinajstić information content (AvgIpc) is 3.16. The standard InChI is InChI=1S/C13H13NO4S/c1-2-19(17,18)13(7-8-13)14-11(15)9-5-3-4-6-10(9)12(14)16/h3-6H,2,7-8H2,1H3. The van der Waals surface area contributed by atoms with Crippen LogP contribution in [0.25, 0.3) is 0 Å². The predicted octanol–water partition coefficient (Wildman–Crippen LogP) is 1.21. The second-order valence-electron chi connectivity index (χ2n) is 4.84. The maximum absolute atomic E-state index is 12.3. The summed E-state index contributed by atoms with van der Waals surface area (Å²) in [6.07, 6.45) is 0.684. The van der Waals surface area contributed by atoms with E-state index in [2.05, 4.69) is 0 Å². The van der Waals surface area contributed by atoms with Crippen LogP contribution < -0.4 is 0 Å². The Morgan fingerprint density at radius 1 is 1.11 bits per heavy atom. The van der Waals surface area contributed by atoms with E-state index < -0.39 is 26.5 Å². The first kappa shape index (κ1) is 12.3. The molecule has 0 unspecified atom stereocenters. The van der Waals surface area contributed by atoms with Gasteiger partial charge in [-0.25, -0.2) is 8.42 Å². The number of imide groups is 1. The molecule has 5 nitrogen and oxygen atoms in total. The lowest BCUT2D eigenvalue weighted by molar-refractivity contribution is 0.0616. The number of hydrogen-bond donors (Lipinski definition) is 0. The first-order valence-corrected chi connectivity index (χ1v) is 7.80. The highest BCUT2D eigenvalue weighted by atomic mass is 32.2. The van der Waals surface area contributed by atoms with E-state index in [-0.39, 0.29) is 5.75 Å². The van der Waals surface area contributed by atoms with Crippen molar-refractivity contribution in [2.75, 3.05) is 5.75 Å². The van der Waals surface area contributed by atoms with Crippen LogP contribution in [0, 0.1) is 0 Å². The molecule has 1 aromatic carbocycles. The molecular formula is C13H13NO4S. The number of nitrogens with zero attached hydrogens (tertiary/aromatic N) is 1. The van der Waals surface area contributed by atoms with Crippen LogP contribution in [0.15, 0.2) is 24.3 Å². The Kier molecular flexibility index (Phi) is 2.38. The van der Waals surface area contributed by atoms with Crippen LogP contribution in [0.4, 0.5) is 0 Å². The second kappa shape index (κ2) is 3.66. The van der Waals surface area contributed by atoms with E-state index in [1.54, 1.807) is 24.3 Å². The summed E-state index contributed by atoms with van der Waals surface area (Å²) < 4.78 is 24.3. The van der Waals surface area contributed by atoms with Crippen molar-refractivity contribution >= 4 is 21.7 Å². The van der Waals surface area contributed by atoms with Gasteiger partial charge in [0, 0.05) is 5.75 Å². The first-order chi connectivity index (χ1) is 8.94. The molecule has 1 aromatic rings. The molecule has 2 aliphatic rings. The minimum absolute atomic E-state index is 0.0690. The van der Waals surface area contributed by atoms with Crippen LogP contribution in [-0.2, 0) is 9.84 Å². The fourth-order valence-electron chi connectivity index (χ4n) is 2.61. The van der Waals surface area contributed by atoms with Crippen molar-refractivity contribution in [2.24, 2.45) is 0 Å². The number of carbonyl (C=O) groups is 2. The van der Waals surface area contributed by atoms with E-state index in [0.717, 1.165) is 4.90 Å². The minimum Gasteiger partial charge on any atom is -0.269 e. The maximum atomic E-state index is 12.3. The van der Waals surface area contributed by atoms with Crippen LogP contribution in [0.5, 0.6) is 0 Å². The number of sulfone groups is 1. The topological polar surface area (TPSA) is 71.5 Å². The number of amides is 2. The summed E-state index contributed by atoms with van der Waals surface area (Å²) in [5.74, 6) is -1.05. The summed E-state index contributed by atoms with van der Waals surface area (Å²) in [4.78, 5) is 24.3. The van der Waals surface area contributed by atoms with Crippen molar-refractivity contribution in [2.45, 2.75) is 24.6 Å². The van der Waals surface area contributed by atoms with E-state index in [1.807, 2.05) is 0 Å². The zero-order chi connectivity index (χ0) is 13.8. The summed E-state index contributed by atoms with van der Waals surface area (Å²) in [6, 6.07) is 6.46. The molecule has 0 bridgehead atoms. The summed E-state index contributed by atoms with van der Waals surface area (Å²) in [5.41, 5.74) is 0.593. The quantitative estimate of drug-likeness (QED) is 0.780. The van der Waals surface area contributed by atoms with Gasteiger partial charge in [0.25, 0.3) is 11.8 Å². The zero-order valence-electron chi connectivity index (χ0n) is 10.4. The molecule has 3 rings (SSSR count). The van der Waals surface area contributed by atoms with Gasteiger partial charge in [0.15, 0.2) is 14.7 Å². The number of fused-ring (bicyclic) bond motifs is 1. The molecule has 0 atom stereocenters. The van der Waals surface area contributed by atoms with Gasteiger partial charge in [-0.3, -0.25) is 14.5 Å². The molecule has 0 N–H and O–H groups in total. The van der Waals surface area contributed by atoms with Gasteiger partial charge in [-0.1, -0.05) is 19.1 Å². The Labute approximate surface area is 111 Å². The van der Waals surface area contributed by atoms with Gasteiger partial charge < -0.3 is 0 Å². The third-order valence-corrected chi connectivity index (χ3v) is 6.35. The third kappa shape index (κ3) is 1.43. The van der Waals surface area contributed by atoms with Gasteiger partial charge in [-0.15, -0.1) is 0 Å². The van der Waals surface area contributed by atoms with E-state index in [9.17, 15) is 18.0 Å². The van der Waals surface area contributed by atoms with Gasteiger partial charge in [0.2, 0.25) is 0 Å². The first-order valence-electron chi connectivity index (χ1n) is 6.15.